The summed E-state index contributed by atoms with van der Waals surface area (Å²) in [4.78, 5) is 29.9. The van der Waals surface area contributed by atoms with E-state index in [0.717, 1.165) is 5.56 Å². The Balaban J connectivity index is 1.90. The maximum Gasteiger partial charge on any atom is 0.239 e. The number of carbonyl (C=O) groups excluding carboxylic acids is 2. The zero-order valence-electron chi connectivity index (χ0n) is 15.3. The highest BCUT2D eigenvalue weighted by molar-refractivity contribution is 6.30. The van der Waals surface area contributed by atoms with E-state index >= 15 is 0 Å². The third-order valence-electron chi connectivity index (χ3n) is 3.75. The smallest absolute Gasteiger partial charge is 0.239 e. The number of likely N-dealkylation sites (N-methyl/N-ethyl adjacent to an activating group) is 1. The molecular formula is C19H24ClN3O3. The molecule has 0 saturated heterocycles. The average molecular weight is 378 g/mol. The molecule has 140 valence electrons. The van der Waals surface area contributed by atoms with Gasteiger partial charge < -0.3 is 14.6 Å². The molecule has 1 N–H and O–H groups in total. The molecule has 6 nitrogen and oxygen atoms in total. The van der Waals surface area contributed by atoms with Gasteiger partial charge in [0.25, 0.3) is 0 Å². The Morgan fingerprint density at radius 2 is 1.96 bits per heavy atom. The number of hydrogen-bond acceptors (Lipinski definition) is 4. The van der Waals surface area contributed by atoms with E-state index < -0.39 is 0 Å². The van der Waals surface area contributed by atoms with Gasteiger partial charge in [-0.25, -0.2) is 4.98 Å². The summed E-state index contributed by atoms with van der Waals surface area (Å²) in [7, 11) is 0. The molecule has 1 aromatic carbocycles. The first-order chi connectivity index (χ1) is 12.4. The number of benzene rings is 1. The van der Waals surface area contributed by atoms with Crippen LogP contribution in [0.3, 0.4) is 0 Å². The first-order valence-corrected chi connectivity index (χ1v) is 9.04. The number of carbonyl (C=O) groups is 2. The molecular weight excluding hydrogens is 354 g/mol. The predicted octanol–water partition coefficient (Wildman–Crippen LogP) is 3.30. The molecule has 7 heteroatoms. The van der Waals surface area contributed by atoms with Gasteiger partial charge in [0.05, 0.1) is 12.7 Å². The van der Waals surface area contributed by atoms with Crippen molar-refractivity contribution in [3.63, 3.8) is 0 Å². The van der Waals surface area contributed by atoms with Gasteiger partial charge >= 0.3 is 0 Å². The van der Waals surface area contributed by atoms with Crippen LogP contribution in [-0.2, 0) is 16.0 Å². The van der Waals surface area contributed by atoms with Crippen LogP contribution in [0.5, 0.6) is 0 Å². The summed E-state index contributed by atoms with van der Waals surface area (Å²) in [6.45, 7) is 6.17. The summed E-state index contributed by atoms with van der Waals surface area (Å²) in [5, 5.41) is 3.44. The number of nitrogens with one attached hydrogen (secondary N) is 1. The highest BCUT2D eigenvalue weighted by Gasteiger charge is 2.17. The maximum atomic E-state index is 12.3. The van der Waals surface area contributed by atoms with Gasteiger partial charge in [-0.1, -0.05) is 11.6 Å². The van der Waals surface area contributed by atoms with Crippen molar-refractivity contribution >= 4 is 23.4 Å². The van der Waals surface area contributed by atoms with E-state index in [2.05, 4.69) is 10.3 Å². The quantitative estimate of drug-likeness (QED) is 0.765. The summed E-state index contributed by atoms with van der Waals surface area (Å²) >= 11 is 5.88. The van der Waals surface area contributed by atoms with E-state index in [9.17, 15) is 9.59 Å². The van der Waals surface area contributed by atoms with Crippen molar-refractivity contribution in [3.8, 4) is 11.3 Å². The van der Waals surface area contributed by atoms with Crippen LogP contribution in [0.25, 0.3) is 11.3 Å². The second-order valence-corrected chi connectivity index (χ2v) is 6.69. The van der Waals surface area contributed by atoms with Gasteiger partial charge in [-0.2, -0.15) is 0 Å². The fourth-order valence-corrected chi connectivity index (χ4v) is 2.59. The highest BCUT2D eigenvalue weighted by atomic mass is 35.5. The summed E-state index contributed by atoms with van der Waals surface area (Å²) in [6.07, 6.45) is 2.26. The van der Waals surface area contributed by atoms with E-state index in [-0.39, 0.29) is 30.8 Å². The third-order valence-corrected chi connectivity index (χ3v) is 4.01. The number of nitrogens with zero attached hydrogens (tertiary/aromatic N) is 2. The van der Waals surface area contributed by atoms with E-state index in [1.807, 2.05) is 32.9 Å². The molecule has 0 aliphatic heterocycles. The molecule has 0 spiro atoms. The van der Waals surface area contributed by atoms with E-state index in [1.54, 1.807) is 18.3 Å². The van der Waals surface area contributed by atoms with Gasteiger partial charge in [-0.15, -0.1) is 0 Å². The Morgan fingerprint density at radius 3 is 2.58 bits per heavy atom. The molecule has 0 fully saturated rings. The minimum atomic E-state index is -0.156. The van der Waals surface area contributed by atoms with Crippen LogP contribution in [0, 0.1) is 0 Å². The molecule has 1 heterocycles. The van der Waals surface area contributed by atoms with Crippen molar-refractivity contribution in [2.24, 2.45) is 0 Å². The van der Waals surface area contributed by atoms with E-state index in [1.165, 1.54) is 4.90 Å². The second-order valence-electron chi connectivity index (χ2n) is 6.26. The minimum absolute atomic E-state index is 0.0508. The fraction of sp³-hybridized carbons (Fsp3) is 0.421. The molecule has 0 bridgehead atoms. The van der Waals surface area contributed by atoms with Crippen LogP contribution < -0.4 is 5.32 Å². The molecule has 1 aromatic heterocycles. The number of hydrogen-bond donors (Lipinski definition) is 1. The van der Waals surface area contributed by atoms with Crippen molar-refractivity contribution in [1.29, 1.82) is 0 Å². The molecule has 26 heavy (non-hydrogen) atoms. The Kier molecular flexibility index (Phi) is 7.21. The monoisotopic (exact) mass is 377 g/mol. The number of rotatable bonds is 8. The lowest BCUT2D eigenvalue weighted by Gasteiger charge is -2.20. The van der Waals surface area contributed by atoms with E-state index in [0.29, 0.717) is 29.6 Å². The molecule has 0 unspecified atom stereocenters. The number of aryl methyl sites for hydroxylation is 1. The van der Waals surface area contributed by atoms with Crippen molar-refractivity contribution in [2.45, 2.75) is 39.7 Å². The summed E-state index contributed by atoms with van der Waals surface area (Å²) in [6, 6.07) is 7.32. The molecule has 0 aliphatic carbocycles. The minimum Gasteiger partial charge on any atom is -0.441 e. The second kappa shape index (κ2) is 9.38. The fourth-order valence-electron chi connectivity index (χ4n) is 2.46. The molecule has 0 saturated carbocycles. The third kappa shape index (κ3) is 5.88. The van der Waals surface area contributed by atoms with Gasteiger partial charge in [0.15, 0.2) is 11.7 Å². The highest BCUT2D eigenvalue weighted by Crippen LogP contribution is 2.22. The van der Waals surface area contributed by atoms with Gasteiger partial charge in [-0.05, 0) is 45.0 Å². The lowest BCUT2D eigenvalue weighted by molar-refractivity contribution is -0.136. The molecule has 2 rings (SSSR count). The molecule has 2 amide bonds. The van der Waals surface area contributed by atoms with Crippen molar-refractivity contribution in [3.05, 3.63) is 41.4 Å². The van der Waals surface area contributed by atoms with Crippen molar-refractivity contribution in [1.82, 2.24) is 15.2 Å². The Bertz CT molecular complexity index is 741. The number of amides is 2. The number of aromatic nitrogens is 1. The van der Waals surface area contributed by atoms with Crippen LogP contribution in [0.4, 0.5) is 0 Å². The zero-order chi connectivity index (χ0) is 19.1. The summed E-state index contributed by atoms with van der Waals surface area (Å²) in [5.41, 5.74) is 0.875. The van der Waals surface area contributed by atoms with Gasteiger partial charge in [0, 0.05) is 36.0 Å². The lowest BCUT2D eigenvalue weighted by atomic mass is 10.2. The Labute approximate surface area is 158 Å². The molecule has 0 atom stereocenters. The molecule has 0 radical (unpaired) electrons. The summed E-state index contributed by atoms with van der Waals surface area (Å²) in [5.74, 6) is 0.868. The van der Waals surface area contributed by atoms with Crippen LogP contribution in [0.1, 0.15) is 33.1 Å². The topological polar surface area (TPSA) is 75.4 Å². The van der Waals surface area contributed by atoms with E-state index in [4.69, 9.17) is 16.0 Å². The van der Waals surface area contributed by atoms with Gasteiger partial charge in [0.1, 0.15) is 0 Å². The van der Waals surface area contributed by atoms with Gasteiger partial charge in [-0.3, -0.25) is 9.59 Å². The first kappa shape index (κ1) is 20.0. The van der Waals surface area contributed by atoms with Gasteiger partial charge in [0.2, 0.25) is 11.8 Å². The standard InChI is InChI=1S/C19H24ClN3O3/c1-4-23(12-17(24)22-13(2)3)19(25)10-9-18-21-11-16(26-18)14-5-7-15(20)8-6-14/h5-8,11,13H,4,9-10,12H2,1-3H3,(H,22,24). The zero-order valence-corrected chi connectivity index (χ0v) is 16.0. The normalized spacial score (nSPS) is 10.8. The summed E-state index contributed by atoms with van der Waals surface area (Å²) < 4.78 is 5.70. The van der Waals surface area contributed by atoms with Crippen LogP contribution in [0.15, 0.2) is 34.9 Å². The number of oxazole rings is 1. The largest absolute Gasteiger partial charge is 0.441 e. The lowest BCUT2D eigenvalue weighted by Crippen LogP contribution is -2.42. The number of halogens is 1. The average Bonchev–Trinajstić information content (AvgIpc) is 3.06. The Hall–Kier alpha value is -2.34. The van der Waals surface area contributed by atoms with Crippen LogP contribution in [-0.4, -0.2) is 40.8 Å². The van der Waals surface area contributed by atoms with Crippen molar-refractivity contribution < 1.29 is 14.0 Å². The first-order valence-electron chi connectivity index (χ1n) is 8.66. The van der Waals surface area contributed by atoms with Crippen LogP contribution >= 0.6 is 11.6 Å². The molecule has 0 aliphatic rings. The maximum absolute atomic E-state index is 12.3. The SMILES string of the molecule is CCN(CC(=O)NC(C)C)C(=O)CCc1ncc(-c2ccc(Cl)cc2)o1. The van der Waals surface area contributed by atoms with Crippen LogP contribution in [0.2, 0.25) is 5.02 Å². The Morgan fingerprint density at radius 1 is 1.27 bits per heavy atom. The predicted molar refractivity (Wildman–Crippen MR) is 101 cm³/mol. The van der Waals surface area contributed by atoms with Crippen molar-refractivity contribution in [2.75, 3.05) is 13.1 Å². The molecule has 2 aromatic rings.